The van der Waals surface area contributed by atoms with E-state index in [1.807, 2.05) is 18.2 Å². The minimum atomic E-state index is -0.514. The molecule has 0 unspecified atom stereocenters. The first kappa shape index (κ1) is 20.7. The van der Waals surface area contributed by atoms with Crippen molar-refractivity contribution < 1.29 is 4.79 Å². The van der Waals surface area contributed by atoms with Gasteiger partial charge in [-0.3, -0.25) is 15.2 Å². The molecule has 3 rings (SSSR count). The summed E-state index contributed by atoms with van der Waals surface area (Å²) >= 11 is 6.00. The van der Waals surface area contributed by atoms with Crippen LogP contribution in [0.3, 0.4) is 0 Å². The van der Waals surface area contributed by atoms with Gasteiger partial charge in [0.1, 0.15) is 12.4 Å². The van der Waals surface area contributed by atoms with Crippen molar-refractivity contribution in [2.45, 2.75) is 6.04 Å². The Bertz CT molecular complexity index is 1090. The molecule has 2 aromatic carbocycles. The van der Waals surface area contributed by atoms with Gasteiger partial charge in [0.05, 0.1) is 23.6 Å². The fourth-order valence-electron chi connectivity index (χ4n) is 2.71. The summed E-state index contributed by atoms with van der Waals surface area (Å²) in [5, 5.41) is 22.3. The molecule has 0 saturated heterocycles. The number of aromatic nitrogens is 1. The molecular formula is C22H17ClN6O. The molecule has 0 saturated carbocycles. The van der Waals surface area contributed by atoms with Crippen LogP contribution in [0.5, 0.6) is 0 Å². The number of rotatable bonds is 7. The third-order valence-electron chi connectivity index (χ3n) is 4.22. The molecule has 0 aliphatic heterocycles. The smallest absolute Gasteiger partial charge is 0.252 e. The molecule has 8 heteroatoms. The maximum atomic E-state index is 12.9. The molecule has 30 heavy (non-hydrogen) atoms. The van der Waals surface area contributed by atoms with Gasteiger partial charge in [0.2, 0.25) is 0 Å². The van der Waals surface area contributed by atoms with Gasteiger partial charge >= 0.3 is 0 Å². The Balaban J connectivity index is 1.84. The first-order valence-electron chi connectivity index (χ1n) is 8.90. The largest absolute Gasteiger partial charge is 0.346 e. The summed E-state index contributed by atoms with van der Waals surface area (Å²) in [4.78, 5) is 20.8. The normalized spacial score (nSPS) is 11.5. The fraction of sp³-hybridized carbons (Fsp3) is 0.0455. The molecule has 3 N–H and O–H groups in total. The van der Waals surface area contributed by atoms with Gasteiger partial charge in [-0.25, -0.2) is 4.99 Å². The number of pyridine rings is 1. The SMILES string of the molecule is N#Cc1ccc([C@@H](NC(=O)c2ccc(N/C=N\C=N)cc2)c2ccc(Cl)cc2)nc1. The molecule has 0 aliphatic rings. The highest BCUT2D eigenvalue weighted by Crippen LogP contribution is 2.23. The van der Waals surface area contributed by atoms with E-state index in [0.717, 1.165) is 17.6 Å². The van der Waals surface area contributed by atoms with Gasteiger partial charge in [0, 0.05) is 22.5 Å². The second-order valence-corrected chi connectivity index (χ2v) is 6.61. The third-order valence-corrected chi connectivity index (χ3v) is 4.47. The number of benzene rings is 2. The van der Waals surface area contributed by atoms with Crippen LogP contribution >= 0.6 is 11.6 Å². The van der Waals surface area contributed by atoms with Crippen molar-refractivity contribution in [2.24, 2.45) is 4.99 Å². The summed E-state index contributed by atoms with van der Waals surface area (Å²) < 4.78 is 0. The zero-order valence-electron chi connectivity index (χ0n) is 15.7. The number of nitrogens with one attached hydrogen (secondary N) is 3. The number of nitriles is 1. The molecule has 3 aromatic rings. The van der Waals surface area contributed by atoms with E-state index < -0.39 is 6.04 Å². The van der Waals surface area contributed by atoms with Crippen molar-refractivity contribution in [3.8, 4) is 6.07 Å². The minimum Gasteiger partial charge on any atom is -0.346 e. The fourth-order valence-corrected chi connectivity index (χ4v) is 2.83. The lowest BCUT2D eigenvalue weighted by atomic mass is 10.0. The van der Waals surface area contributed by atoms with E-state index in [0.29, 0.717) is 21.8 Å². The number of amides is 1. The lowest BCUT2D eigenvalue weighted by molar-refractivity contribution is 0.0942. The van der Waals surface area contributed by atoms with Crippen LogP contribution in [-0.2, 0) is 0 Å². The molecule has 0 spiro atoms. The Morgan fingerprint density at radius 2 is 1.87 bits per heavy atom. The molecule has 1 heterocycles. The Kier molecular flexibility index (Phi) is 6.87. The molecule has 1 atom stereocenters. The number of hydrogen-bond acceptors (Lipinski definition) is 4. The summed E-state index contributed by atoms with van der Waals surface area (Å²) in [7, 11) is 0. The molecule has 0 fully saturated rings. The average Bonchev–Trinajstić information content (AvgIpc) is 2.79. The molecule has 148 valence electrons. The Morgan fingerprint density at radius 1 is 1.13 bits per heavy atom. The van der Waals surface area contributed by atoms with Crippen LogP contribution in [0.4, 0.5) is 5.69 Å². The van der Waals surface area contributed by atoms with Crippen molar-refractivity contribution in [3.05, 3.63) is 94.3 Å². The topological polar surface area (TPSA) is 114 Å². The van der Waals surface area contributed by atoms with Gasteiger partial charge in [-0.15, -0.1) is 0 Å². The summed E-state index contributed by atoms with van der Waals surface area (Å²) in [6.07, 6.45) is 3.78. The van der Waals surface area contributed by atoms with E-state index >= 15 is 0 Å². The number of anilines is 1. The van der Waals surface area contributed by atoms with Crippen LogP contribution in [0, 0.1) is 16.7 Å². The van der Waals surface area contributed by atoms with Crippen molar-refractivity contribution in [1.29, 1.82) is 10.7 Å². The zero-order chi connectivity index (χ0) is 21.3. The summed E-state index contributed by atoms with van der Waals surface area (Å²) in [5.41, 5.74) is 3.06. The highest BCUT2D eigenvalue weighted by molar-refractivity contribution is 6.30. The summed E-state index contributed by atoms with van der Waals surface area (Å²) in [5.74, 6) is -0.277. The van der Waals surface area contributed by atoms with Gasteiger partial charge in [0.25, 0.3) is 5.91 Å². The van der Waals surface area contributed by atoms with Gasteiger partial charge < -0.3 is 10.6 Å². The number of carbonyl (C=O) groups is 1. The van der Waals surface area contributed by atoms with Crippen LogP contribution in [0.1, 0.15) is 33.2 Å². The van der Waals surface area contributed by atoms with Gasteiger partial charge in [-0.1, -0.05) is 23.7 Å². The summed E-state index contributed by atoms with van der Waals surface area (Å²) in [6.45, 7) is 0. The second-order valence-electron chi connectivity index (χ2n) is 6.17. The molecule has 7 nitrogen and oxygen atoms in total. The van der Waals surface area contributed by atoms with E-state index in [2.05, 4.69) is 20.6 Å². The predicted octanol–water partition coefficient (Wildman–Crippen LogP) is 4.17. The van der Waals surface area contributed by atoms with Crippen LogP contribution in [0.25, 0.3) is 0 Å². The molecule has 1 amide bonds. The van der Waals surface area contributed by atoms with Crippen molar-refractivity contribution in [1.82, 2.24) is 10.3 Å². The number of carbonyl (C=O) groups excluding carboxylic acids is 1. The van der Waals surface area contributed by atoms with Gasteiger partial charge in [0.15, 0.2) is 0 Å². The van der Waals surface area contributed by atoms with Crippen LogP contribution < -0.4 is 10.6 Å². The summed E-state index contributed by atoms with van der Waals surface area (Å²) in [6, 6.07) is 18.9. The standard InChI is InChI=1S/C22H17ClN6O/c23-18-6-2-16(3-7-18)21(20-10-1-15(11-24)12-27-20)29-22(30)17-4-8-19(9-5-17)28-14-26-13-25/h1-10,12-14,21H,(H,29,30)(H2,25,26,28)/t21-/m0/s1. The zero-order valence-corrected chi connectivity index (χ0v) is 16.5. The van der Waals surface area contributed by atoms with E-state index in [1.54, 1.807) is 48.5 Å². The van der Waals surface area contributed by atoms with E-state index in [4.69, 9.17) is 22.3 Å². The maximum Gasteiger partial charge on any atom is 0.252 e. The van der Waals surface area contributed by atoms with E-state index in [9.17, 15) is 4.79 Å². The number of nitrogens with zero attached hydrogens (tertiary/aromatic N) is 3. The number of hydrogen-bond donors (Lipinski definition) is 3. The van der Waals surface area contributed by atoms with E-state index in [1.165, 1.54) is 12.5 Å². The highest BCUT2D eigenvalue weighted by atomic mass is 35.5. The third kappa shape index (κ3) is 5.28. The Morgan fingerprint density at radius 3 is 2.47 bits per heavy atom. The minimum absolute atomic E-state index is 0.277. The average molecular weight is 417 g/mol. The Labute approximate surface area is 178 Å². The van der Waals surface area contributed by atoms with Crippen molar-refractivity contribution in [3.63, 3.8) is 0 Å². The van der Waals surface area contributed by atoms with Crippen molar-refractivity contribution >= 4 is 35.9 Å². The second kappa shape index (κ2) is 9.96. The number of aliphatic imine (C=N–C) groups is 1. The molecule has 0 radical (unpaired) electrons. The monoisotopic (exact) mass is 416 g/mol. The molecular weight excluding hydrogens is 400 g/mol. The molecule has 0 bridgehead atoms. The van der Waals surface area contributed by atoms with Crippen LogP contribution in [0.2, 0.25) is 5.02 Å². The predicted molar refractivity (Wildman–Crippen MR) is 117 cm³/mol. The molecule has 1 aromatic heterocycles. The highest BCUT2D eigenvalue weighted by Gasteiger charge is 2.19. The van der Waals surface area contributed by atoms with Crippen LogP contribution in [0.15, 0.2) is 71.9 Å². The lowest BCUT2D eigenvalue weighted by Crippen LogP contribution is -2.30. The first-order chi connectivity index (χ1) is 14.6. The number of halogens is 1. The van der Waals surface area contributed by atoms with Crippen molar-refractivity contribution in [2.75, 3.05) is 5.32 Å². The first-order valence-corrected chi connectivity index (χ1v) is 9.28. The quantitative estimate of drug-likeness (QED) is 0.396. The Hall–Kier alpha value is -4.02. The van der Waals surface area contributed by atoms with Gasteiger partial charge in [-0.05, 0) is 54.1 Å². The molecule has 0 aliphatic carbocycles. The van der Waals surface area contributed by atoms with E-state index in [-0.39, 0.29) is 5.91 Å². The van der Waals surface area contributed by atoms with Gasteiger partial charge in [-0.2, -0.15) is 5.26 Å². The lowest BCUT2D eigenvalue weighted by Gasteiger charge is -2.19. The maximum absolute atomic E-state index is 12.9. The van der Waals surface area contributed by atoms with Crippen LogP contribution in [-0.4, -0.2) is 23.6 Å².